The lowest BCUT2D eigenvalue weighted by atomic mass is 9.88. The van der Waals surface area contributed by atoms with Gasteiger partial charge < -0.3 is 19.1 Å². The normalized spacial score (nSPS) is 18.9. The first kappa shape index (κ1) is 24.6. The number of aromatic nitrogens is 1. The third-order valence-corrected chi connectivity index (χ3v) is 5.29. The summed E-state index contributed by atoms with van der Waals surface area (Å²) in [6.45, 7) is 13.3. The average Bonchev–Trinajstić information content (AvgIpc) is 3.27. The molecule has 1 amide bonds. The summed E-state index contributed by atoms with van der Waals surface area (Å²) in [5.41, 5.74) is 0.151. The number of hydrogen-bond donors (Lipinski definition) is 0. The lowest BCUT2D eigenvalue weighted by molar-refractivity contribution is -0.159. The molecule has 2 atom stereocenters. The summed E-state index contributed by atoms with van der Waals surface area (Å²) in [5, 5.41) is 0.827. The van der Waals surface area contributed by atoms with E-state index in [1.54, 1.807) is 13.1 Å². The van der Waals surface area contributed by atoms with Gasteiger partial charge in [0.25, 0.3) is 0 Å². The van der Waals surface area contributed by atoms with Gasteiger partial charge in [0, 0.05) is 30.6 Å². The number of hydrogen-bond acceptors (Lipinski definition) is 6. The molecular weight excluding hydrogens is 424 g/mol. The smallest absolute Gasteiger partial charge is 0.419 e. The Kier molecular flexibility index (Phi) is 6.77. The van der Waals surface area contributed by atoms with Crippen molar-refractivity contribution in [1.29, 1.82) is 0 Å². The van der Waals surface area contributed by atoms with Gasteiger partial charge in [0.05, 0.1) is 18.0 Å². The zero-order chi connectivity index (χ0) is 24.6. The Labute approximate surface area is 194 Å². The Morgan fingerprint density at radius 1 is 0.939 bits per heavy atom. The second-order valence-corrected chi connectivity index (χ2v) is 10.3. The summed E-state index contributed by atoms with van der Waals surface area (Å²) in [6.07, 6.45) is 0.749. The van der Waals surface area contributed by atoms with Gasteiger partial charge in [-0.1, -0.05) is 18.2 Å². The van der Waals surface area contributed by atoms with E-state index in [9.17, 15) is 14.4 Å². The van der Waals surface area contributed by atoms with Crippen molar-refractivity contribution in [3.8, 4) is 0 Å². The number of ether oxygens (including phenoxy) is 3. The Bertz CT molecular complexity index is 1040. The van der Waals surface area contributed by atoms with E-state index < -0.39 is 29.3 Å². The Balaban J connectivity index is 2.05. The van der Waals surface area contributed by atoms with Crippen LogP contribution in [0.2, 0.25) is 0 Å². The van der Waals surface area contributed by atoms with Crippen molar-refractivity contribution in [1.82, 2.24) is 9.47 Å². The topological polar surface area (TPSA) is 87.1 Å². The molecule has 33 heavy (non-hydrogen) atoms. The van der Waals surface area contributed by atoms with E-state index in [1.807, 2.05) is 65.8 Å². The van der Waals surface area contributed by atoms with Crippen LogP contribution in [-0.2, 0) is 19.0 Å². The van der Waals surface area contributed by atoms with Gasteiger partial charge in [-0.3, -0.25) is 9.36 Å². The van der Waals surface area contributed by atoms with Crippen molar-refractivity contribution in [3.63, 3.8) is 0 Å². The van der Waals surface area contributed by atoms with Crippen LogP contribution >= 0.6 is 0 Å². The molecule has 1 aromatic carbocycles. The molecule has 2 heterocycles. The number of carbonyl (C=O) groups excluding carboxylic acids is 3. The minimum atomic E-state index is -0.663. The highest BCUT2D eigenvalue weighted by Gasteiger charge is 2.44. The maximum Gasteiger partial charge on any atom is 0.419 e. The molecule has 0 spiro atoms. The fourth-order valence-corrected chi connectivity index (χ4v) is 4.06. The van der Waals surface area contributed by atoms with Gasteiger partial charge >= 0.3 is 18.2 Å². The van der Waals surface area contributed by atoms with E-state index in [4.69, 9.17) is 14.2 Å². The Hall–Kier alpha value is -3.03. The molecule has 2 aromatic rings. The maximum absolute atomic E-state index is 13.1. The summed E-state index contributed by atoms with van der Waals surface area (Å²) in [6, 6.07) is 7.47. The number of likely N-dealkylation sites (tertiary alicyclic amines) is 1. The van der Waals surface area contributed by atoms with E-state index >= 15 is 0 Å². The lowest BCUT2D eigenvalue weighted by Gasteiger charge is -2.24. The number of para-hydroxylation sites is 1. The first-order chi connectivity index (χ1) is 15.3. The number of amides is 1. The number of fused-ring (bicyclic) bond motifs is 1. The molecule has 1 aromatic heterocycles. The summed E-state index contributed by atoms with van der Waals surface area (Å²) < 4.78 is 17.9. The van der Waals surface area contributed by atoms with Crippen molar-refractivity contribution in [3.05, 3.63) is 36.0 Å². The van der Waals surface area contributed by atoms with E-state index in [0.29, 0.717) is 5.52 Å². The zero-order valence-electron chi connectivity index (χ0n) is 20.5. The average molecular weight is 459 g/mol. The van der Waals surface area contributed by atoms with Crippen LogP contribution in [0, 0.1) is 5.92 Å². The second kappa shape index (κ2) is 9.08. The second-order valence-electron chi connectivity index (χ2n) is 10.3. The molecule has 1 fully saturated rings. The van der Waals surface area contributed by atoms with Crippen LogP contribution in [0.4, 0.5) is 9.59 Å². The maximum atomic E-state index is 13.1. The van der Waals surface area contributed by atoms with Crippen molar-refractivity contribution in [2.45, 2.75) is 65.6 Å². The largest absolute Gasteiger partial charge is 0.460 e. The SMILES string of the molecule is CCOC(=O)N1CC(C(=O)OC(C)(C)C)C(c2cn(C(=O)OC(C)(C)C)c3ccccc23)C1. The number of carbonyl (C=O) groups is 3. The predicted octanol–water partition coefficient (Wildman–Crippen LogP) is 4.94. The van der Waals surface area contributed by atoms with E-state index in [2.05, 4.69) is 0 Å². The van der Waals surface area contributed by atoms with Crippen LogP contribution in [0.3, 0.4) is 0 Å². The van der Waals surface area contributed by atoms with Crippen LogP contribution in [0.25, 0.3) is 10.9 Å². The monoisotopic (exact) mass is 458 g/mol. The fourth-order valence-electron chi connectivity index (χ4n) is 4.06. The number of benzene rings is 1. The minimum absolute atomic E-state index is 0.185. The first-order valence-electron chi connectivity index (χ1n) is 11.3. The molecule has 1 aliphatic heterocycles. The number of rotatable bonds is 3. The van der Waals surface area contributed by atoms with Crippen LogP contribution < -0.4 is 0 Å². The third kappa shape index (κ3) is 5.67. The Morgan fingerprint density at radius 3 is 2.18 bits per heavy atom. The number of esters is 1. The Morgan fingerprint density at radius 2 is 1.58 bits per heavy atom. The molecule has 0 aliphatic carbocycles. The van der Waals surface area contributed by atoms with Crippen LogP contribution in [-0.4, -0.2) is 58.5 Å². The zero-order valence-corrected chi connectivity index (χ0v) is 20.5. The minimum Gasteiger partial charge on any atom is -0.460 e. The van der Waals surface area contributed by atoms with Gasteiger partial charge in [-0.15, -0.1) is 0 Å². The summed E-state index contributed by atoms with van der Waals surface area (Å²) in [7, 11) is 0. The molecule has 1 saturated heterocycles. The van der Waals surface area contributed by atoms with Crippen LogP contribution in [0.1, 0.15) is 59.9 Å². The van der Waals surface area contributed by atoms with Gasteiger partial charge in [0.2, 0.25) is 0 Å². The first-order valence-corrected chi connectivity index (χ1v) is 11.3. The molecule has 0 radical (unpaired) electrons. The molecule has 0 bridgehead atoms. The summed E-state index contributed by atoms with van der Waals surface area (Å²) in [4.78, 5) is 40.1. The lowest BCUT2D eigenvalue weighted by Crippen LogP contribution is -2.33. The highest BCUT2D eigenvalue weighted by atomic mass is 16.6. The molecule has 180 valence electrons. The quantitative estimate of drug-likeness (QED) is 0.478. The van der Waals surface area contributed by atoms with Crippen LogP contribution in [0.5, 0.6) is 0 Å². The van der Waals surface area contributed by atoms with Crippen LogP contribution in [0.15, 0.2) is 30.5 Å². The molecule has 0 saturated carbocycles. The molecule has 2 unspecified atom stereocenters. The van der Waals surface area contributed by atoms with E-state index in [-0.39, 0.29) is 31.6 Å². The molecule has 8 heteroatoms. The molecule has 8 nitrogen and oxygen atoms in total. The molecular formula is C25H34N2O6. The highest BCUT2D eigenvalue weighted by Crippen LogP contribution is 2.39. The van der Waals surface area contributed by atoms with Crippen molar-refractivity contribution in [2.75, 3.05) is 19.7 Å². The standard InChI is InChI=1S/C25H34N2O6/c1-8-31-22(29)26-13-17(19(14-26)21(28)32-24(2,3)4)18-15-27(23(30)33-25(5,6)7)20-12-10-9-11-16(18)20/h9-12,15,17,19H,8,13-14H2,1-7H3. The van der Waals surface area contributed by atoms with E-state index in [0.717, 1.165) is 10.9 Å². The van der Waals surface area contributed by atoms with Crippen molar-refractivity contribution < 1.29 is 28.6 Å². The van der Waals surface area contributed by atoms with E-state index in [1.165, 1.54) is 9.47 Å². The van der Waals surface area contributed by atoms with Gasteiger partial charge in [0.15, 0.2) is 0 Å². The number of nitrogens with zero attached hydrogens (tertiary/aromatic N) is 2. The summed E-state index contributed by atoms with van der Waals surface area (Å²) in [5.74, 6) is -1.34. The summed E-state index contributed by atoms with van der Waals surface area (Å²) >= 11 is 0. The molecule has 1 aliphatic rings. The van der Waals surface area contributed by atoms with Gasteiger partial charge in [-0.2, -0.15) is 0 Å². The van der Waals surface area contributed by atoms with Gasteiger partial charge in [-0.05, 0) is 60.1 Å². The van der Waals surface area contributed by atoms with Crippen molar-refractivity contribution in [2.24, 2.45) is 5.92 Å². The fraction of sp³-hybridized carbons (Fsp3) is 0.560. The van der Waals surface area contributed by atoms with Crippen molar-refractivity contribution >= 4 is 29.1 Å². The highest BCUT2D eigenvalue weighted by molar-refractivity contribution is 5.93. The predicted molar refractivity (Wildman–Crippen MR) is 124 cm³/mol. The third-order valence-electron chi connectivity index (χ3n) is 5.29. The molecule has 3 rings (SSSR count). The van der Waals surface area contributed by atoms with Gasteiger partial charge in [0.1, 0.15) is 11.2 Å². The van der Waals surface area contributed by atoms with Gasteiger partial charge in [-0.25, -0.2) is 9.59 Å². The molecule has 0 N–H and O–H groups in total.